The average Bonchev–Trinajstić information content (AvgIpc) is 2.70. The first-order chi connectivity index (χ1) is 13.2. The molecule has 1 aliphatic carbocycles. The van der Waals surface area contributed by atoms with E-state index >= 15 is 0 Å². The molecular formula is C22H20N2O3. The molecule has 5 nitrogen and oxygen atoms in total. The van der Waals surface area contributed by atoms with E-state index in [0.717, 1.165) is 47.1 Å². The highest BCUT2D eigenvalue weighted by molar-refractivity contribution is 6.05. The Morgan fingerprint density at radius 2 is 1.85 bits per heavy atom. The van der Waals surface area contributed by atoms with Gasteiger partial charge in [0.15, 0.2) is 0 Å². The van der Waals surface area contributed by atoms with Gasteiger partial charge in [0.25, 0.3) is 5.91 Å². The summed E-state index contributed by atoms with van der Waals surface area (Å²) in [5.41, 5.74) is 5.85. The Labute approximate surface area is 157 Å². The van der Waals surface area contributed by atoms with Gasteiger partial charge in [-0.15, -0.1) is 0 Å². The van der Waals surface area contributed by atoms with Crippen molar-refractivity contribution in [2.75, 3.05) is 7.11 Å². The van der Waals surface area contributed by atoms with Gasteiger partial charge in [0, 0.05) is 5.56 Å². The summed E-state index contributed by atoms with van der Waals surface area (Å²) in [5.74, 6) is 0.340. The predicted octanol–water partition coefficient (Wildman–Crippen LogP) is 4.02. The molecule has 0 atom stereocenters. The third-order valence-electron chi connectivity index (χ3n) is 4.88. The van der Waals surface area contributed by atoms with E-state index in [1.54, 1.807) is 19.2 Å². The van der Waals surface area contributed by atoms with Gasteiger partial charge in [0.1, 0.15) is 11.5 Å². The molecule has 1 aliphatic rings. The Hall–Kier alpha value is -3.34. The molecule has 0 saturated heterocycles. The highest BCUT2D eigenvalue weighted by atomic mass is 16.5. The van der Waals surface area contributed by atoms with Gasteiger partial charge in [0.05, 0.1) is 18.4 Å². The maximum absolute atomic E-state index is 12.6. The Morgan fingerprint density at radius 1 is 1.07 bits per heavy atom. The molecule has 5 heteroatoms. The molecule has 0 saturated carbocycles. The molecule has 0 radical (unpaired) electrons. The van der Waals surface area contributed by atoms with Crippen molar-refractivity contribution < 1.29 is 14.6 Å². The van der Waals surface area contributed by atoms with Gasteiger partial charge in [-0.1, -0.05) is 24.3 Å². The fourth-order valence-corrected chi connectivity index (χ4v) is 3.47. The summed E-state index contributed by atoms with van der Waals surface area (Å²) in [4.78, 5) is 12.6. The van der Waals surface area contributed by atoms with Crippen LogP contribution in [0.2, 0.25) is 0 Å². The number of hydrazone groups is 1. The monoisotopic (exact) mass is 360 g/mol. The van der Waals surface area contributed by atoms with Crippen molar-refractivity contribution in [1.29, 1.82) is 0 Å². The van der Waals surface area contributed by atoms with Crippen LogP contribution in [-0.2, 0) is 6.42 Å². The van der Waals surface area contributed by atoms with Crippen molar-refractivity contribution in [1.82, 2.24) is 5.43 Å². The van der Waals surface area contributed by atoms with Crippen LogP contribution in [0.25, 0.3) is 10.8 Å². The minimum atomic E-state index is -0.425. The molecule has 3 aromatic carbocycles. The van der Waals surface area contributed by atoms with Crippen molar-refractivity contribution in [2.45, 2.75) is 19.3 Å². The lowest BCUT2D eigenvalue weighted by Gasteiger charge is -2.18. The Bertz CT molecular complexity index is 1060. The van der Waals surface area contributed by atoms with Gasteiger partial charge in [-0.2, -0.15) is 5.10 Å². The van der Waals surface area contributed by atoms with Crippen LogP contribution in [0.4, 0.5) is 0 Å². The van der Waals surface area contributed by atoms with Gasteiger partial charge in [0.2, 0.25) is 0 Å². The number of carbonyl (C=O) groups is 1. The second-order valence-electron chi connectivity index (χ2n) is 6.59. The number of aryl methyl sites for hydroxylation is 1. The van der Waals surface area contributed by atoms with E-state index in [1.807, 2.05) is 42.5 Å². The van der Waals surface area contributed by atoms with Crippen LogP contribution in [0.15, 0.2) is 59.7 Å². The van der Waals surface area contributed by atoms with E-state index in [2.05, 4.69) is 10.5 Å². The number of ether oxygens (including phenoxy) is 1. The van der Waals surface area contributed by atoms with Crippen molar-refractivity contribution in [3.8, 4) is 11.5 Å². The topological polar surface area (TPSA) is 70.9 Å². The van der Waals surface area contributed by atoms with E-state index in [1.165, 1.54) is 5.56 Å². The third kappa shape index (κ3) is 3.36. The number of methoxy groups -OCH3 is 1. The molecule has 0 bridgehead atoms. The molecule has 0 aliphatic heterocycles. The molecule has 0 unspecified atom stereocenters. The zero-order valence-corrected chi connectivity index (χ0v) is 15.0. The second kappa shape index (κ2) is 7.11. The summed E-state index contributed by atoms with van der Waals surface area (Å²) >= 11 is 0. The van der Waals surface area contributed by atoms with Gasteiger partial charge >= 0.3 is 0 Å². The zero-order chi connectivity index (χ0) is 18.8. The zero-order valence-electron chi connectivity index (χ0n) is 15.0. The first kappa shape index (κ1) is 17.1. The minimum Gasteiger partial charge on any atom is -0.507 e. The molecule has 0 aromatic heterocycles. The number of amides is 1. The van der Waals surface area contributed by atoms with Crippen LogP contribution < -0.4 is 10.2 Å². The van der Waals surface area contributed by atoms with Crippen LogP contribution in [-0.4, -0.2) is 23.8 Å². The second-order valence-corrected chi connectivity index (χ2v) is 6.59. The summed E-state index contributed by atoms with van der Waals surface area (Å²) in [6, 6.07) is 16.8. The first-order valence-electron chi connectivity index (χ1n) is 8.91. The number of carbonyl (C=O) groups excluding carboxylic acids is 1. The van der Waals surface area contributed by atoms with Gasteiger partial charge in [-0.05, 0) is 65.9 Å². The lowest BCUT2D eigenvalue weighted by molar-refractivity contribution is 0.0952. The molecule has 0 heterocycles. The van der Waals surface area contributed by atoms with Gasteiger partial charge < -0.3 is 9.84 Å². The summed E-state index contributed by atoms with van der Waals surface area (Å²) in [7, 11) is 1.65. The lowest BCUT2D eigenvalue weighted by atomic mass is 9.90. The van der Waals surface area contributed by atoms with E-state index in [4.69, 9.17) is 4.74 Å². The number of aromatic hydroxyl groups is 1. The Kier molecular flexibility index (Phi) is 4.50. The third-order valence-corrected chi connectivity index (χ3v) is 4.88. The molecule has 27 heavy (non-hydrogen) atoms. The first-order valence-corrected chi connectivity index (χ1v) is 8.91. The number of phenols is 1. The molecule has 3 aromatic rings. The summed E-state index contributed by atoms with van der Waals surface area (Å²) in [5, 5.41) is 16.3. The SMILES string of the molecule is COc1ccc2c(c1)CCCC2=NNC(=O)c1cc2ccccc2cc1O. The van der Waals surface area contributed by atoms with E-state index in [9.17, 15) is 9.90 Å². The van der Waals surface area contributed by atoms with E-state index < -0.39 is 5.91 Å². The van der Waals surface area contributed by atoms with Crippen LogP contribution in [0.3, 0.4) is 0 Å². The standard InChI is InChI=1S/C22H20N2O3/c1-27-17-9-10-18-16(11-17)7-4-8-20(18)23-24-22(26)19-12-14-5-2-3-6-15(14)13-21(19)25/h2-3,5-6,9-13,25H,4,7-8H2,1H3,(H,24,26). The summed E-state index contributed by atoms with van der Waals surface area (Å²) in [6.45, 7) is 0. The van der Waals surface area contributed by atoms with E-state index in [-0.39, 0.29) is 11.3 Å². The lowest BCUT2D eigenvalue weighted by Crippen LogP contribution is -2.22. The van der Waals surface area contributed by atoms with Crippen LogP contribution in [0.1, 0.15) is 34.3 Å². The van der Waals surface area contributed by atoms with Crippen molar-refractivity contribution in [3.05, 3.63) is 71.3 Å². The predicted molar refractivity (Wildman–Crippen MR) is 106 cm³/mol. The van der Waals surface area contributed by atoms with Gasteiger partial charge in [-0.25, -0.2) is 5.43 Å². The number of fused-ring (bicyclic) bond motifs is 2. The number of hydrogen-bond acceptors (Lipinski definition) is 4. The minimum absolute atomic E-state index is 0.0554. The number of phenolic OH excluding ortho intramolecular Hbond substituents is 1. The van der Waals surface area contributed by atoms with Crippen LogP contribution >= 0.6 is 0 Å². The summed E-state index contributed by atoms with van der Waals surface area (Å²) in [6.07, 6.45) is 2.73. The molecule has 136 valence electrons. The molecule has 1 amide bonds. The smallest absolute Gasteiger partial charge is 0.275 e. The Balaban J connectivity index is 1.60. The highest BCUT2D eigenvalue weighted by Crippen LogP contribution is 2.27. The fraction of sp³-hybridized carbons (Fsp3) is 0.182. The number of nitrogens with zero attached hydrogens (tertiary/aromatic N) is 1. The molecule has 0 fully saturated rings. The molecule has 2 N–H and O–H groups in total. The normalized spacial score (nSPS) is 14.8. The number of rotatable bonds is 3. The van der Waals surface area contributed by atoms with Crippen molar-refractivity contribution in [3.63, 3.8) is 0 Å². The molecular weight excluding hydrogens is 340 g/mol. The van der Waals surface area contributed by atoms with Crippen LogP contribution in [0, 0.1) is 0 Å². The highest BCUT2D eigenvalue weighted by Gasteiger charge is 2.18. The molecule has 4 rings (SSSR count). The number of benzene rings is 3. The number of hydrogen-bond donors (Lipinski definition) is 2. The Morgan fingerprint density at radius 3 is 2.63 bits per heavy atom. The van der Waals surface area contributed by atoms with E-state index in [0.29, 0.717) is 0 Å². The van der Waals surface area contributed by atoms with Crippen molar-refractivity contribution in [2.24, 2.45) is 5.10 Å². The molecule has 0 spiro atoms. The number of nitrogens with one attached hydrogen (secondary N) is 1. The quantitative estimate of drug-likeness (QED) is 0.693. The van der Waals surface area contributed by atoms with Crippen molar-refractivity contribution >= 4 is 22.4 Å². The fourth-order valence-electron chi connectivity index (χ4n) is 3.47. The maximum atomic E-state index is 12.6. The average molecular weight is 360 g/mol. The van der Waals surface area contributed by atoms with Crippen LogP contribution in [0.5, 0.6) is 11.5 Å². The maximum Gasteiger partial charge on any atom is 0.275 e. The van der Waals surface area contributed by atoms with Gasteiger partial charge in [-0.3, -0.25) is 4.79 Å². The largest absolute Gasteiger partial charge is 0.507 e. The summed E-state index contributed by atoms with van der Waals surface area (Å²) < 4.78 is 5.28.